The monoisotopic (exact) mass is 284 g/mol. The highest BCUT2D eigenvalue weighted by Crippen LogP contribution is 2.41. The van der Waals surface area contributed by atoms with Crippen LogP contribution in [-0.2, 0) is 14.3 Å². The number of carbonyl (C=O) groups is 2. The fourth-order valence-electron chi connectivity index (χ4n) is 2.29. The number of alkyl carbamates (subject to hydrolysis) is 1. The van der Waals surface area contributed by atoms with Crippen LogP contribution in [0, 0.1) is 0 Å². The molecule has 2 rings (SSSR count). The van der Waals surface area contributed by atoms with Gasteiger partial charge in [0.25, 0.3) is 0 Å². The Morgan fingerprint density at radius 2 is 2.00 bits per heavy atom. The van der Waals surface area contributed by atoms with Crippen LogP contribution in [0.25, 0.3) is 0 Å². The lowest BCUT2D eigenvalue weighted by Gasteiger charge is -2.35. The summed E-state index contributed by atoms with van der Waals surface area (Å²) in [5.41, 5.74) is -0.663. The van der Waals surface area contributed by atoms with Gasteiger partial charge in [-0.1, -0.05) is 0 Å². The van der Waals surface area contributed by atoms with Gasteiger partial charge in [-0.3, -0.25) is 4.79 Å². The summed E-state index contributed by atoms with van der Waals surface area (Å²) in [6.07, 6.45) is 1.47. The molecule has 0 unspecified atom stereocenters. The van der Waals surface area contributed by atoms with Crippen LogP contribution in [-0.4, -0.2) is 53.8 Å². The number of ether oxygens (including phenoxy) is 2. The van der Waals surface area contributed by atoms with E-state index in [9.17, 15) is 9.59 Å². The number of rotatable bonds is 2. The lowest BCUT2D eigenvalue weighted by atomic mass is 10.2. The molecule has 0 aromatic carbocycles. The zero-order chi connectivity index (χ0) is 15.0. The Kier molecular flexibility index (Phi) is 3.95. The third kappa shape index (κ3) is 3.85. The number of hydrogen-bond acceptors (Lipinski definition) is 4. The second kappa shape index (κ2) is 5.24. The van der Waals surface area contributed by atoms with E-state index in [0.717, 1.165) is 12.8 Å². The van der Waals surface area contributed by atoms with E-state index in [2.05, 4.69) is 5.32 Å². The largest absolute Gasteiger partial charge is 0.444 e. The second-order valence-electron chi connectivity index (χ2n) is 6.66. The normalized spacial score (nSPS) is 22.3. The summed E-state index contributed by atoms with van der Waals surface area (Å²) in [5.74, 6) is -0.0783. The summed E-state index contributed by atoms with van der Waals surface area (Å²) < 4.78 is 10.8. The van der Waals surface area contributed by atoms with E-state index in [0.29, 0.717) is 19.7 Å². The lowest BCUT2D eigenvalue weighted by Crippen LogP contribution is -2.53. The highest BCUT2D eigenvalue weighted by Gasteiger charge is 2.48. The molecule has 1 aliphatic heterocycles. The van der Waals surface area contributed by atoms with Crippen LogP contribution in [0.3, 0.4) is 0 Å². The van der Waals surface area contributed by atoms with Gasteiger partial charge in [-0.25, -0.2) is 4.79 Å². The van der Waals surface area contributed by atoms with Gasteiger partial charge in [-0.2, -0.15) is 0 Å². The second-order valence-corrected chi connectivity index (χ2v) is 6.66. The highest BCUT2D eigenvalue weighted by molar-refractivity contribution is 5.85. The Labute approximate surface area is 119 Å². The molecule has 1 heterocycles. The minimum atomic E-state index is -0.584. The zero-order valence-electron chi connectivity index (χ0n) is 12.7. The van der Waals surface area contributed by atoms with Gasteiger partial charge in [0, 0.05) is 13.1 Å². The molecule has 1 saturated heterocycles. The molecule has 0 radical (unpaired) electrons. The summed E-state index contributed by atoms with van der Waals surface area (Å²) >= 11 is 0. The van der Waals surface area contributed by atoms with E-state index < -0.39 is 17.7 Å². The molecular formula is C14H24N2O4. The molecule has 6 heteroatoms. The minimum absolute atomic E-state index is 0.0783. The molecule has 2 aliphatic rings. The summed E-state index contributed by atoms with van der Waals surface area (Å²) in [5, 5.41) is 2.59. The molecule has 1 aliphatic carbocycles. The average molecular weight is 284 g/mol. The lowest BCUT2D eigenvalue weighted by molar-refractivity contribution is -0.142. The van der Waals surface area contributed by atoms with Crippen LogP contribution in [0.1, 0.15) is 40.5 Å². The maximum Gasteiger partial charge on any atom is 0.408 e. The number of carbonyl (C=O) groups excluding carboxylic acids is 2. The van der Waals surface area contributed by atoms with Crippen LogP contribution in [0.4, 0.5) is 4.79 Å². The SMILES string of the molecule is C[C@@H](NC(=O)OC(C)(C)C)C(=O)N1CCOC2(CC2)C1. The van der Waals surface area contributed by atoms with Crippen molar-refractivity contribution in [3.8, 4) is 0 Å². The van der Waals surface area contributed by atoms with E-state index in [-0.39, 0.29) is 11.5 Å². The Hall–Kier alpha value is -1.30. The van der Waals surface area contributed by atoms with Crippen molar-refractivity contribution in [1.29, 1.82) is 0 Å². The molecule has 0 bridgehead atoms. The predicted octanol–water partition coefficient (Wildman–Crippen LogP) is 1.29. The topological polar surface area (TPSA) is 67.9 Å². The van der Waals surface area contributed by atoms with Crippen molar-refractivity contribution in [2.45, 2.75) is 57.8 Å². The van der Waals surface area contributed by atoms with Crippen LogP contribution in [0.15, 0.2) is 0 Å². The van der Waals surface area contributed by atoms with Crippen LogP contribution in [0.5, 0.6) is 0 Å². The van der Waals surface area contributed by atoms with Crippen molar-refractivity contribution in [1.82, 2.24) is 10.2 Å². The van der Waals surface area contributed by atoms with Gasteiger partial charge in [-0.15, -0.1) is 0 Å². The summed E-state index contributed by atoms with van der Waals surface area (Å²) in [4.78, 5) is 25.8. The van der Waals surface area contributed by atoms with Gasteiger partial charge in [0.15, 0.2) is 0 Å². The highest BCUT2D eigenvalue weighted by atomic mass is 16.6. The number of hydrogen-bond donors (Lipinski definition) is 1. The first-order valence-corrected chi connectivity index (χ1v) is 7.13. The summed E-state index contributed by atoms with van der Waals surface area (Å²) in [7, 11) is 0. The maximum absolute atomic E-state index is 12.3. The molecule has 1 atom stereocenters. The predicted molar refractivity (Wildman–Crippen MR) is 73.3 cm³/mol. The minimum Gasteiger partial charge on any atom is -0.444 e. The molecule has 1 spiro atoms. The first kappa shape index (κ1) is 15.1. The van der Waals surface area contributed by atoms with Crippen molar-refractivity contribution >= 4 is 12.0 Å². The molecule has 114 valence electrons. The van der Waals surface area contributed by atoms with Crippen LogP contribution >= 0.6 is 0 Å². The van der Waals surface area contributed by atoms with Gasteiger partial charge >= 0.3 is 6.09 Å². The van der Waals surface area contributed by atoms with Crippen molar-refractivity contribution in [2.24, 2.45) is 0 Å². The molecule has 0 aromatic rings. The molecule has 6 nitrogen and oxygen atoms in total. The zero-order valence-corrected chi connectivity index (χ0v) is 12.7. The maximum atomic E-state index is 12.3. The van der Waals surface area contributed by atoms with E-state index >= 15 is 0 Å². The quantitative estimate of drug-likeness (QED) is 0.829. The van der Waals surface area contributed by atoms with Crippen molar-refractivity contribution in [3.05, 3.63) is 0 Å². The van der Waals surface area contributed by atoms with Gasteiger partial charge in [0.1, 0.15) is 11.6 Å². The molecule has 1 N–H and O–H groups in total. The summed E-state index contributed by atoms with van der Waals surface area (Å²) in [6, 6.07) is -0.584. The number of nitrogens with one attached hydrogen (secondary N) is 1. The van der Waals surface area contributed by atoms with Gasteiger partial charge in [0.2, 0.25) is 5.91 Å². The van der Waals surface area contributed by atoms with Crippen LogP contribution in [0.2, 0.25) is 0 Å². The van der Waals surface area contributed by atoms with Crippen LogP contribution < -0.4 is 5.32 Å². The molecule has 2 fully saturated rings. The molecule has 20 heavy (non-hydrogen) atoms. The van der Waals surface area contributed by atoms with Gasteiger partial charge in [0.05, 0.1) is 12.2 Å². The van der Waals surface area contributed by atoms with E-state index in [1.807, 2.05) is 0 Å². The van der Waals surface area contributed by atoms with E-state index in [1.54, 1.807) is 32.6 Å². The fraction of sp³-hybridized carbons (Fsp3) is 0.857. The van der Waals surface area contributed by atoms with Gasteiger partial charge in [-0.05, 0) is 40.5 Å². The smallest absolute Gasteiger partial charge is 0.408 e. The average Bonchev–Trinajstić information content (AvgIpc) is 3.04. The van der Waals surface area contributed by atoms with Crippen molar-refractivity contribution in [2.75, 3.05) is 19.7 Å². The molecule has 1 saturated carbocycles. The standard InChI is InChI=1S/C14H24N2O4/c1-10(15-12(18)20-13(2,3)4)11(17)16-7-8-19-14(9-16)5-6-14/h10H,5-9H2,1-4H3,(H,15,18)/t10-/m1/s1. The van der Waals surface area contributed by atoms with E-state index in [4.69, 9.17) is 9.47 Å². The molecular weight excluding hydrogens is 260 g/mol. The Bertz CT molecular complexity index is 398. The Balaban J connectivity index is 1.84. The van der Waals surface area contributed by atoms with Crippen molar-refractivity contribution in [3.63, 3.8) is 0 Å². The van der Waals surface area contributed by atoms with Gasteiger partial charge < -0.3 is 19.7 Å². The third-order valence-corrected chi connectivity index (χ3v) is 3.47. The Morgan fingerprint density at radius 1 is 1.35 bits per heavy atom. The molecule has 0 aromatic heterocycles. The number of morpholine rings is 1. The number of nitrogens with zero attached hydrogens (tertiary/aromatic N) is 1. The summed E-state index contributed by atoms with van der Waals surface area (Å²) in [6.45, 7) is 8.84. The Morgan fingerprint density at radius 3 is 2.55 bits per heavy atom. The number of amides is 2. The van der Waals surface area contributed by atoms with E-state index in [1.165, 1.54) is 0 Å². The fourth-order valence-corrected chi connectivity index (χ4v) is 2.29. The first-order chi connectivity index (χ1) is 9.21. The first-order valence-electron chi connectivity index (χ1n) is 7.13. The molecule has 2 amide bonds. The van der Waals surface area contributed by atoms with Crippen molar-refractivity contribution < 1.29 is 19.1 Å². The third-order valence-electron chi connectivity index (χ3n) is 3.47.